The average Bonchev–Trinajstić information content (AvgIpc) is 2.96. The van der Waals surface area contributed by atoms with Crippen molar-refractivity contribution in [2.45, 2.75) is 99.2 Å². The van der Waals surface area contributed by atoms with Crippen molar-refractivity contribution < 1.29 is 24.1 Å². The first-order valence-corrected chi connectivity index (χ1v) is 15.3. The highest BCUT2D eigenvalue weighted by Crippen LogP contribution is 2.29. The Morgan fingerprint density at radius 2 is 1.62 bits per heavy atom. The molecule has 236 valence electrons. The van der Waals surface area contributed by atoms with Crippen LogP contribution in [0.5, 0.6) is 11.5 Å². The summed E-state index contributed by atoms with van der Waals surface area (Å²) in [6.07, 6.45) is 18.4. The topological polar surface area (TPSA) is 57.2 Å². The molecule has 0 aliphatic rings. The van der Waals surface area contributed by atoms with Crippen LogP contribution in [-0.2, 0) is 16.1 Å². The summed E-state index contributed by atoms with van der Waals surface area (Å²) in [4.78, 5) is 0. The minimum atomic E-state index is -0.369. The first kappa shape index (κ1) is 37.4. The number of benzene rings is 1. The summed E-state index contributed by atoms with van der Waals surface area (Å²) < 4.78 is 22.2. The maximum Gasteiger partial charge on any atom is 0.161 e. The fraction of sp³-hybridized carbons (Fsp3) is 0.568. The lowest BCUT2D eigenvalue weighted by Gasteiger charge is -2.20. The van der Waals surface area contributed by atoms with Crippen LogP contribution in [-0.4, -0.2) is 45.3 Å². The normalized spacial score (nSPS) is 13.4. The second-order valence-electron chi connectivity index (χ2n) is 12.1. The molecular weight excluding hydrogens is 524 g/mol. The molecule has 0 radical (unpaired) electrons. The third kappa shape index (κ3) is 17.4. The third-order valence-electron chi connectivity index (χ3n) is 7.22. The predicted octanol–water partition coefficient (Wildman–Crippen LogP) is 9.33. The van der Waals surface area contributed by atoms with Gasteiger partial charge >= 0.3 is 0 Å². The molecule has 1 aromatic rings. The van der Waals surface area contributed by atoms with E-state index in [1.807, 2.05) is 18.2 Å². The van der Waals surface area contributed by atoms with E-state index in [1.54, 1.807) is 14.2 Å². The fourth-order valence-corrected chi connectivity index (χ4v) is 4.27. The zero-order valence-corrected chi connectivity index (χ0v) is 27.8. The number of hydrogen-bond donors (Lipinski definition) is 1. The SMILES string of the molecule is C=C(C/C=C(\C)CCC=C(C)C)CCC(C)(C)/C=C/CC/C(C)=C\CO[C@@H](CO)COCc1ccc(OC)c(OC)c1. The van der Waals surface area contributed by atoms with Crippen molar-refractivity contribution in [3.8, 4) is 11.5 Å². The zero-order valence-electron chi connectivity index (χ0n) is 27.8. The molecule has 0 saturated carbocycles. The highest BCUT2D eigenvalue weighted by molar-refractivity contribution is 5.42. The average molecular weight is 583 g/mol. The summed E-state index contributed by atoms with van der Waals surface area (Å²) in [6.45, 7) is 18.7. The van der Waals surface area contributed by atoms with Crippen molar-refractivity contribution in [3.63, 3.8) is 0 Å². The lowest BCUT2D eigenvalue weighted by molar-refractivity contribution is -0.0372. The summed E-state index contributed by atoms with van der Waals surface area (Å²) in [5.41, 5.74) is 6.55. The third-order valence-corrected chi connectivity index (χ3v) is 7.22. The van der Waals surface area contributed by atoms with Gasteiger partial charge < -0.3 is 24.1 Å². The van der Waals surface area contributed by atoms with Gasteiger partial charge in [-0.2, -0.15) is 0 Å². The minimum absolute atomic E-state index is 0.0881. The Balaban J connectivity index is 2.32. The number of hydrogen-bond acceptors (Lipinski definition) is 5. The molecule has 1 rings (SSSR count). The maximum atomic E-state index is 9.69. The molecule has 0 bridgehead atoms. The Bertz CT molecular complexity index is 1040. The quantitative estimate of drug-likeness (QED) is 0.138. The molecule has 0 heterocycles. The molecule has 0 spiro atoms. The lowest BCUT2D eigenvalue weighted by atomic mass is 9.85. The minimum Gasteiger partial charge on any atom is -0.493 e. The van der Waals surface area contributed by atoms with Crippen LogP contribution in [0.1, 0.15) is 92.1 Å². The van der Waals surface area contributed by atoms with E-state index in [1.165, 1.54) is 22.3 Å². The van der Waals surface area contributed by atoms with Crippen molar-refractivity contribution in [2.75, 3.05) is 34.0 Å². The van der Waals surface area contributed by atoms with Crippen LogP contribution in [0.3, 0.4) is 0 Å². The van der Waals surface area contributed by atoms with Crippen molar-refractivity contribution in [1.82, 2.24) is 0 Å². The Morgan fingerprint density at radius 3 is 2.29 bits per heavy atom. The molecule has 5 heteroatoms. The zero-order chi connectivity index (χ0) is 31.4. The summed E-state index contributed by atoms with van der Waals surface area (Å²) in [6, 6.07) is 5.68. The molecule has 0 fully saturated rings. The van der Waals surface area contributed by atoms with Crippen LogP contribution >= 0.6 is 0 Å². The van der Waals surface area contributed by atoms with Gasteiger partial charge in [0.25, 0.3) is 0 Å². The summed E-state index contributed by atoms with van der Waals surface area (Å²) in [5, 5.41) is 9.69. The number of aliphatic hydroxyl groups is 1. The Morgan fingerprint density at radius 1 is 0.929 bits per heavy atom. The van der Waals surface area contributed by atoms with Gasteiger partial charge in [0.15, 0.2) is 11.5 Å². The number of aliphatic hydroxyl groups excluding tert-OH is 1. The molecular formula is C37H58O5. The first-order valence-electron chi connectivity index (χ1n) is 15.3. The van der Waals surface area contributed by atoms with Gasteiger partial charge in [0.2, 0.25) is 0 Å². The van der Waals surface area contributed by atoms with Gasteiger partial charge in [-0.1, -0.05) is 79.2 Å². The van der Waals surface area contributed by atoms with Gasteiger partial charge in [0.05, 0.1) is 40.6 Å². The second kappa shape index (κ2) is 21.1. The van der Waals surface area contributed by atoms with E-state index >= 15 is 0 Å². The number of allylic oxidation sites excluding steroid dienone is 8. The highest BCUT2D eigenvalue weighted by atomic mass is 16.5. The molecule has 0 unspecified atom stereocenters. The smallest absolute Gasteiger partial charge is 0.161 e. The van der Waals surface area contributed by atoms with Crippen LogP contribution in [0, 0.1) is 5.41 Å². The molecule has 0 aliphatic carbocycles. The molecule has 0 saturated heterocycles. The molecule has 1 aromatic carbocycles. The van der Waals surface area contributed by atoms with E-state index in [0.29, 0.717) is 31.3 Å². The Kier molecular flexibility index (Phi) is 18.8. The second-order valence-corrected chi connectivity index (χ2v) is 12.1. The molecule has 1 atom stereocenters. The van der Waals surface area contributed by atoms with Gasteiger partial charge in [0.1, 0.15) is 6.10 Å². The van der Waals surface area contributed by atoms with Crippen LogP contribution < -0.4 is 9.47 Å². The standard InChI is InChI=1S/C37H58O5/c1-29(2)13-12-15-30(3)16-17-32(5)20-23-37(6,7)22-11-10-14-31(4)21-24-42-34(26-38)28-41-27-33-18-19-35(39-8)36(25-33)40-9/h11,13,16,18-19,21-22,25,34,38H,5,10,12,14-15,17,20,23-24,26-28H2,1-4,6-9H3/b22-11+,30-16+,31-21-/t34-/m0/s1. The van der Waals surface area contributed by atoms with Crippen molar-refractivity contribution in [2.24, 2.45) is 5.41 Å². The molecule has 5 nitrogen and oxygen atoms in total. The largest absolute Gasteiger partial charge is 0.493 e. The van der Waals surface area contributed by atoms with Crippen molar-refractivity contribution in [3.05, 3.63) is 83.0 Å². The molecule has 42 heavy (non-hydrogen) atoms. The van der Waals surface area contributed by atoms with Crippen molar-refractivity contribution >= 4 is 0 Å². The van der Waals surface area contributed by atoms with Crippen LogP contribution in [0.2, 0.25) is 0 Å². The van der Waals surface area contributed by atoms with E-state index in [-0.39, 0.29) is 18.1 Å². The van der Waals surface area contributed by atoms with Gasteiger partial charge in [0, 0.05) is 0 Å². The van der Waals surface area contributed by atoms with E-state index < -0.39 is 0 Å². The first-order chi connectivity index (χ1) is 20.0. The molecule has 0 aromatic heterocycles. The molecule has 0 aliphatic heterocycles. The monoisotopic (exact) mass is 582 g/mol. The molecule has 1 N–H and O–H groups in total. The number of rotatable bonds is 22. The molecule has 0 amide bonds. The van der Waals surface area contributed by atoms with E-state index in [0.717, 1.165) is 50.5 Å². The Hall–Kier alpha value is -2.60. The van der Waals surface area contributed by atoms with Gasteiger partial charge in [-0.15, -0.1) is 0 Å². The van der Waals surface area contributed by atoms with Crippen LogP contribution in [0.15, 0.2) is 77.5 Å². The summed E-state index contributed by atoms with van der Waals surface area (Å²) in [5.74, 6) is 1.35. The summed E-state index contributed by atoms with van der Waals surface area (Å²) in [7, 11) is 3.22. The predicted molar refractivity (Wildman–Crippen MR) is 177 cm³/mol. The number of methoxy groups -OCH3 is 2. The van der Waals surface area contributed by atoms with Gasteiger partial charge in [-0.25, -0.2) is 0 Å². The highest BCUT2D eigenvalue weighted by Gasteiger charge is 2.14. The van der Waals surface area contributed by atoms with E-state index in [2.05, 4.69) is 78.5 Å². The fourth-order valence-electron chi connectivity index (χ4n) is 4.27. The van der Waals surface area contributed by atoms with E-state index in [9.17, 15) is 5.11 Å². The van der Waals surface area contributed by atoms with Crippen LogP contribution in [0.25, 0.3) is 0 Å². The van der Waals surface area contributed by atoms with Crippen LogP contribution in [0.4, 0.5) is 0 Å². The lowest BCUT2D eigenvalue weighted by Crippen LogP contribution is -2.24. The van der Waals surface area contributed by atoms with Gasteiger partial charge in [-0.05, 0) is 95.8 Å². The van der Waals surface area contributed by atoms with Gasteiger partial charge in [-0.3, -0.25) is 0 Å². The Labute approximate surface area is 257 Å². The summed E-state index contributed by atoms with van der Waals surface area (Å²) >= 11 is 0. The maximum absolute atomic E-state index is 9.69. The van der Waals surface area contributed by atoms with E-state index in [4.69, 9.17) is 18.9 Å². The van der Waals surface area contributed by atoms with Crippen molar-refractivity contribution in [1.29, 1.82) is 0 Å². The number of ether oxygens (including phenoxy) is 4.